The van der Waals surface area contributed by atoms with Crippen LogP contribution in [0.1, 0.15) is 17.0 Å². The van der Waals surface area contributed by atoms with Gasteiger partial charge in [0, 0.05) is 18.0 Å². The number of rotatable bonds is 6. The first-order valence-electron chi connectivity index (χ1n) is 11.0. The highest BCUT2D eigenvalue weighted by molar-refractivity contribution is 6.29. The summed E-state index contributed by atoms with van der Waals surface area (Å²) in [5.74, 6) is 0.796. The predicted molar refractivity (Wildman–Crippen MR) is 135 cm³/mol. The number of aromatic nitrogens is 5. The molecule has 0 N–H and O–H groups in total. The van der Waals surface area contributed by atoms with E-state index in [1.54, 1.807) is 48.1 Å². The van der Waals surface area contributed by atoms with E-state index in [-0.39, 0.29) is 17.7 Å². The van der Waals surface area contributed by atoms with Crippen LogP contribution in [0.5, 0.6) is 5.75 Å². The summed E-state index contributed by atoms with van der Waals surface area (Å²) in [6.07, 6.45) is 1.60. The van der Waals surface area contributed by atoms with Gasteiger partial charge in [-0.25, -0.2) is 9.97 Å². The highest BCUT2D eigenvalue weighted by Gasteiger charge is 2.22. The summed E-state index contributed by atoms with van der Waals surface area (Å²) in [7, 11) is 1.53. The molecular weight excluding hydrogens is 466 g/mol. The molecule has 0 saturated heterocycles. The van der Waals surface area contributed by atoms with Crippen LogP contribution >= 0.6 is 11.6 Å². The van der Waals surface area contributed by atoms with Gasteiger partial charge in [0.1, 0.15) is 5.15 Å². The highest BCUT2D eigenvalue weighted by atomic mass is 35.5. The quantitative estimate of drug-likeness (QED) is 0.340. The third kappa shape index (κ3) is 4.13. The van der Waals surface area contributed by atoms with Crippen molar-refractivity contribution in [3.05, 3.63) is 116 Å². The van der Waals surface area contributed by atoms with Gasteiger partial charge in [0.25, 0.3) is 11.1 Å². The second-order valence-corrected chi connectivity index (χ2v) is 8.44. The molecule has 0 saturated carbocycles. The summed E-state index contributed by atoms with van der Waals surface area (Å²) < 4.78 is 10.3. The molecule has 176 valence electrons. The van der Waals surface area contributed by atoms with E-state index in [0.717, 1.165) is 5.56 Å². The molecule has 0 fully saturated rings. The predicted octanol–water partition coefficient (Wildman–Crippen LogP) is 3.81. The maximum absolute atomic E-state index is 13.9. The van der Waals surface area contributed by atoms with Crippen LogP contribution in [0.3, 0.4) is 0 Å². The standard InChI is InChI=1S/C26H22ClN5O3/c1-17-24-20(14-23(33)30(17)16-19-10-6-12-22(27)29-19)31(15-18-8-4-3-5-9-18)32(26(24)34)25-21(35-2)11-7-13-28-25/h3-14H,15-16H2,1-2H3. The maximum Gasteiger partial charge on any atom is 0.282 e. The van der Waals surface area contributed by atoms with E-state index >= 15 is 0 Å². The molecule has 4 heterocycles. The zero-order chi connectivity index (χ0) is 24.5. The Morgan fingerprint density at radius 3 is 2.51 bits per heavy atom. The molecule has 5 aromatic rings. The average Bonchev–Trinajstić information content (AvgIpc) is 3.13. The fraction of sp³-hybridized carbons (Fsp3) is 0.154. The molecule has 0 atom stereocenters. The van der Waals surface area contributed by atoms with E-state index in [9.17, 15) is 9.59 Å². The van der Waals surface area contributed by atoms with Crippen molar-refractivity contribution in [2.24, 2.45) is 0 Å². The molecule has 0 unspecified atom stereocenters. The Hall–Kier alpha value is -4.17. The van der Waals surface area contributed by atoms with E-state index in [2.05, 4.69) is 9.97 Å². The lowest BCUT2D eigenvalue weighted by molar-refractivity contribution is 0.405. The van der Waals surface area contributed by atoms with E-state index in [1.807, 2.05) is 30.3 Å². The minimum atomic E-state index is -0.293. The van der Waals surface area contributed by atoms with Crippen molar-refractivity contribution in [2.75, 3.05) is 7.11 Å². The lowest BCUT2D eigenvalue weighted by atomic mass is 10.2. The fourth-order valence-electron chi connectivity index (χ4n) is 4.26. The van der Waals surface area contributed by atoms with Gasteiger partial charge in [0.2, 0.25) is 0 Å². The van der Waals surface area contributed by atoms with Crippen LogP contribution in [-0.2, 0) is 13.1 Å². The minimum absolute atomic E-state index is 0.192. The molecule has 0 bridgehead atoms. The van der Waals surface area contributed by atoms with E-state index in [1.165, 1.54) is 22.4 Å². The smallest absolute Gasteiger partial charge is 0.282 e. The fourth-order valence-corrected chi connectivity index (χ4v) is 4.45. The molecule has 8 nitrogen and oxygen atoms in total. The van der Waals surface area contributed by atoms with Crippen LogP contribution in [0.25, 0.3) is 16.7 Å². The highest BCUT2D eigenvalue weighted by Crippen LogP contribution is 2.23. The number of ether oxygens (including phenoxy) is 1. The van der Waals surface area contributed by atoms with E-state index in [0.29, 0.717) is 45.6 Å². The Kier molecular flexibility index (Phi) is 5.96. The molecule has 0 amide bonds. The number of nitrogens with zero attached hydrogens (tertiary/aromatic N) is 5. The Morgan fingerprint density at radius 2 is 1.77 bits per heavy atom. The molecule has 0 aliphatic rings. The number of hydrogen-bond acceptors (Lipinski definition) is 5. The SMILES string of the molecule is COc1cccnc1-n1c(=O)c2c(C)n(Cc3cccc(Cl)n3)c(=O)cc2n1Cc1ccccc1. The van der Waals surface area contributed by atoms with E-state index < -0.39 is 0 Å². The van der Waals surface area contributed by atoms with E-state index in [4.69, 9.17) is 16.3 Å². The molecule has 4 aromatic heterocycles. The van der Waals surface area contributed by atoms with Crippen molar-refractivity contribution in [3.8, 4) is 11.6 Å². The number of fused-ring (bicyclic) bond motifs is 1. The first kappa shape index (κ1) is 22.6. The monoisotopic (exact) mass is 487 g/mol. The zero-order valence-corrected chi connectivity index (χ0v) is 19.9. The van der Waals surface area contributed by atoms with Crippen molar-refractivity contribution in [1.82, 2.24) is 23.9 Å². The molecular formula is C26H22ClN5O3. The Balaban J connectivity index is 1.79. The number of halogens is 1. The Bertz CT molecular complexity index is 1650. The summed E-state index contributed by atoms with van der Waals surface area (Å²) in [6.45, 7) is 2.32. The first-order chi connectivity index (χ1) is 17.0. The van der Waals surface area contributed by atoms with Crippen LogP contribution in [0, 0.1) is 6.92 Å². The zero-order valence-electron chi connectivity index (χ0n) is 19.2. The molecule has 0 aliphatic heterocycles. The average molecular weight is 488 g/mol. The summed E-state index contributed by atoms with van der Waals surface area (Å²) >= 11 is 6.03. The van der Waals surface area contributed by atoms with Gasteiger partial charge in [-0.2, -0.15) is 4.68 Å². The molecule has 9 heteroatoms. The largest absolute Gasteiger partial charge is 0.493 e. The lowest BCUT2D eigenvalue weighted by Crippen LogP contribution is -2.24. The lowest BCUT2D eigenvalue weighted by Gasteiger charge is -2.15. The molecule has 1 aromatic carbocycles. The van der Waals surface area contributed by atoms with Gasteiger partial charge in [-0.3, -0.25) is 14.3 Å². The molecule has 5 rings (SSSR count). The van der Waals surface area contributed by atoms with Crippen molar-refractivity contribution in [2.45, 2.75) is 20.0 Å². The van der Waals surface area contributed by atoms with Crippen molar-refractivity contribution in [3.63, 3.8) is 0 Å². The summed E-state index contributed by atoms with van der Waals surface area (Å²) in [4.78, 5) is 35.9. The molecule has 0 aliphatic carbocycles. The summed E-state index contributed by atoms with van der Waals surface area (Å²) in [5, 5.41) is 0.767. The van der Waals surface area contributed by atoms with Crippen LogP contribution < -0.4 is 15.9 Å². The molecule has 35 heavy (non-hydrogen) atoms. The van der Waals surface area contributed by atoms with Crippen LogP contribution in [0.4, 0.5) is 0 Å². The van der Waals surface area contributed by atoms with Crippen LogP contribution in [0.2, 0.25) is 5.15 Å². The van der Waals surface area contributed by atoms with Crippen LogP contribution in [-0.4, -0.2) is 31.0 Å². The van der Waals surface area contributed by atoms with Gasteiger partial charge in [0.15, 0.2) is 11.6 Å². The van der Waals surface area contributed by atoms with Gasteiger partial charge in [0.05, 0.1) is 36.8 Å². The van der Waals surface area contributed by atoms with Crippen molar-refractivity contribution < 1.29 is 4.74 Å². The van der Waals surface area contributed by atoms with Crippen molar-refractivity contribution in [1.29, 1.82) is 0 Å². The van der Waals surface area contributed by atoms with Gasteiger partial charge in [-0.15, -0.1) is 0 Å². The third-order valence-electron chi connectivity index (χ3n) is 5.91. The number of hydrogen-bond donors (Lipinski definition) is 0. The maximum atomic E-state index is 13.9. The summed E-state index contributed by atoms with van der Waals surface area (Å²) in [5.41, 5.74) is 2.11. The van der Waals surface area contributed by atoms with Gasteiger partial charge < -0.3 is 9.30 Å². The normalized spacial score (nSPS) is 11.2. The van der Waals surface area contributed by atoms with Crippen LogP contribution in [0.15, 0.2) is 82.5 Å². The second-order valence-electron chi connectivity index (χ2n) is 8.06. The minimum Gasteiger partial charge on any atom is -0.493 e. The Morgan fingerprint density at radius 1 is 0.971 bits per heavy atom. The number of aryl methyl sites for hydroxylation is 1. The summed E-state index contributed by atoms with van der Waals surface area (Å²) in [6, 6.07) is 19.9. The topological polar surface area (TPSA) is 83.9 Å². The van der Waals surface area contributed by atoms with Crippen molar-refractivity contribution >= 4 is 22.5 Å². The Labute approximate surface area is 205 Å². The van der Waals surface area contributed by atoms with Gasteiger partial charge in [-0.05, 0) is 36.8 Å². The third-order valence-corrected chi connectivity index (χ3v) is 6.12. The molecule has 0 radical (unpaired) electrons. The van der Waals surface area contributed by atoms with Gasteiger partial charge in [-0.1, -0.05) is 48.0 Å². The number of benzene rings is 1. The first-order valence-corrected chi connectivity index (χ1v) is 11.4. The second kappa shape index (κ2) is 9.23. The number of methoxy groups -OCH3 is 1. The number of pyridine rings is 3. The molecule has 0 spiro atoms. The van der Waals surface area contributed by atoms with Gasteiger partial charge >= 0.3 is 0 Å².